The largest absolute Gasteiger partial charge is 0.454 e. The second-order valence-electron chi connectivity index (χ2n) is 5.77. The minimum Gasteiger partial charge on any atom is -0.454 e. The van der Waals surface area contributed by atoms with E-state index in [0.29, 0.717) is 17.1 Å². The lowest BCUT2D eigenvalue weighted by Crippen LogP contribution is -2.27. The maximum absolute atomic E-state index is 12.3. The van der Waals surface area contributed by atoms with E-state index in [4.69, 9.17) is 14.7 Å². The number of hydrogen-bond donors (Lipinski definition) is 0. The van der Waals surface area contributed by atoms with E-state index >= 15 is 0 Å². The molecule has 2 aliphatic heterocycles. The highest BCUT2D eigenvalue weighted by molar-refractivity contribution is 7.90. The van der Waals surface area contributed by atoms with Crippen LogP contribution in [0.15, 0.2) is 56.9 Å². The smallest absolute Gasteiger partial charge is 0.285 e. The van der Waals surface area contributed by atoms with Crippen molar-refractivity contribution in [2.45, 2.75) is 11.3 Å². The molecule has 0 fully saturated rings. The molecule has 0 aromatic heterocycles. The molecule has 0 N–H and O–H groups in total. The van der Waals surface area contributed by atoms with E-state index in [1.165, 1.54) is 11.1 Å². The van der Waals surface area contributed by atoms with Crippen LogP contribution in [0.25, 0.3) is 0 Å². The highest BCUT2D eigenvalue weighted by Crippen LogP contribution is 2.32. The molecule has 9 heteroatoms. The molecule has 8 nitrogen and oxygen atoms in total. The Balaban J connectivity index is 1.68. The van der Waals surface area contributed by atoms with Gasteiger partial charge in [-0.3, -0.25) is 0 Å². The quantitative estimate of drug-likeness (QED) is 0.592. The van der Waals surface area contributed by atoms with Crippen molar-refractivity contribution >= 4 is 22.1 Å². The molecule has 0 bridgehead atoms. The molecular weight excluding hydrogens is 368 g/mol. The third-order valence-corrected chi connectivity index (χ3v) is 5.36. The third-order valence-electron chi connectivity index (χ3n) is 4.04. The molecule has 0 atom stereocenters. The van der Waals surface area contributed by atoms with Crippen LogP contribution in [0.3, 0.4) is 0 Å². The molecule has 0 amide bonds. The Hall–Kier alpha value is -3.38. The molecule has 2 heterocycles. The van der Waals surface area contributed by atoms with Crippen molar-refractivity contribution in [2.75, 3.05) is 13.3 Å². The Morgan fingerprint density at radius 3 is 2.89 bits per heavy atom. The molecule has 0 radical (unpaired) electrons. The summed E-state index contributed by atoms with van der Waals surface area (Å²) in [5.74, 6) is 1.49. The summed E-state index contributed by atoms with van der Waals surface area (Å²) >= 11 is 0. The average molecular weight is 382 g/mol. The number of fused-ring (bicyclic) bond motifs is 2. The standard InChI is InChI=1S/C18H14N4O4S/c19-8-3-9-22(18-14-4-1-2-5-17(14)27(23,24)21-18)20-11-13-6-7-15-16(10-13)26-12-25-15/h1-2,4-7,10-11H,3,9,12H2/b20-11+. The van der Waals surface area contributed by atoms with Gasteiger partial charge in [0.25, 0.3) is 10.0 Å². The lowest BCUT2D eigenvalue weighted by molar-refractivity contribution is 0.174. The number of benzene rings is 2. The number of sulfonamides is 1. The van der Waals surface area contributed by atoms with E-state index in [2.05, 4.69) is 9.50 Å². The van der Waals surface area contributed by atoms with Crippen molar-refractivity contribution in [2.24, 2.45) is 9.50 Å². The predicted octanol–water partition coefficient (Wildman–Crippen LogP) is 2.11. The second kappa shape index (κ2) is 6.74. The van der Waals surface area contributed by atoms with Crippen LogP contribution in [0.5, 0.6) is 11.5 Å². The second-order valence-corrected chi connectivity index (χ2v) is 7.35. The van der Waals surface area contributed by atoms with Crippen LogP contribution in [0.1, 0.15) is 17.5 Å². The Bertz CT molecular complexity index is 1100. The van der Waals surface area contributed by atoms with Gasteiger partial charge in [0.15, 0.2) is 17.3 Å². The first-order chi connectivity index (χ1) is 13.1. The molecule has 2 aromatic rings. The van der Waals surface area contributed by atoms with E-state index in [0.717, 1.165) is 5.56 Å². The molecule has 2 aliphatic rings. The van der Waals surface area contributed by atoms with Gasteiger partial charge in [-0.1, -0.05) is 12.1 Å². The Morgan fingerprint density at radius 2 is 2.04 bits per heavy atom. The van der Waals surface area contributed by atoms with E-state index < -0.39 is 10.0 Å². The highest BCUT2D eigenvalue weighted by Gasteiger charge is 2.31. The molecule has 0 aliphatic carbocycles. The lowest BCUT2D eigenvalue weighted by atomic mass is 10.2. The summed E-state index contributed by atoms with van der Waals surface area (Å²) in [6.45, 7) is 0.385. The summed E-state index contributed by atoms with van der Waals surface area (Å²) in [6, 6.07) is 14.0. The topological polar surface area (TPSA) is 104 Å². The number of rotatable bonds is 4. The average Bonchev–Trinajstić information content (AvgIpc) is 3.24. The van der Waals surface area contributed by atoms with Crippen molar-refractivity contribution in [1.82, 2.24) is 5.01 Å². The van der Waals surface area contributed by atoms with Crippen molar-refractivity contribution in [3.63, 3.8) is 0 Å². The van der Waals surface area contributed by atoms with Gasteiger partial charge in [0.05, 0.1) is 25.2 Å². The van der Waals surface area contributed by atoms with Crippen LogP contribution < -0.4 is 9.47 Å². The minimum atomic E-state index is -3.76. The van der Waals surface area contributed by atoms with Crippen molar-refractivity contribution in [1.29, 1.82) is 5.26 Å². The lowest BCUT2D eigenvalue weighted by Gasteiger charge is -2.17. The van der Waals surface area contributed by atoms with E-state index in [9.17, 15) is 8.42 Å². The first-order valence-electron chi connectivity index (χ1n) is 8.11. The normalized spacial score (nSPS) is 16.0. The molecule has 2 aromatic carbocycles. The molecule has 0 saturated heterocycles. The molecule has 136 valence electrons. The summed E-state index contributed by atoms with van der Waals surface area (Å²) in [5.41, 5.74) is 1.22. The van der Waals surface area contributed by atoms with Crippen LogP contribution in [0.2, 0.25) is 0 Å². The fourth-order valence-corrected chi connectivity index (χ4v) is 3.99. The van der Waals surface area contributed by atoms with Gasteiger partial charge in [-0.15, -0.1) is 4.40 Å². The van der Waals surface area contributed by atoms with Crippen LogP contribution in [-0.4, -0.2) is 38.8 Å². The molecule has 4 rings (SSSR count). The zero-order valence-corrected chi connectivity index (χ0v) is 14.9. The van der Waals surface area contributed by atoms with Gasteiger partial charge in [0, 0.05) is 5.56 Å². The molecule has 0 saturated carbocycles. The van der Waals surface area contributed by atoms with E-state index in [1.54, 1.807) is 42.6 Å². The van der Waals surface area contributed by atoms with Crippen molar-refractivity contribution in [3.05, 3.63) is 53.6 Å². The number of ether oxygens (including phenoxy) is 2. The number of nitriles is 1. The molecule has 0 spiro atoms. The summed E-state index contributed by atoms with van der Waals surface area (Å²) < 4.78 is 39.0. The van der Waals surface area contributed by atoms with Gasteiger partial charge in [-0.2, -0.15) is 18.8 Å². The summed E-state index contributed by atoms with van der Waals surface area (Å²) in [7, 11) is -3.76. The van der Waals surface area contributed by atoms with Gasteiger partial charge in [-0.05, 0) is 35.9 Å². The summed E-state index contributed by atoms with van der Waals surface area (Å²) in [4.78, 5) is 0.139. The first-order valence-corrected chi connectivity index (χ1v) is 9.55. The van der Waals surface area contributed by atoms with Crippen molar-refractivity contribution < 1.29 is 17.9 Å². The fourth-order valence-electron chi connectivity index (χ4n) is 2.78. The minimum absolute atomic E-state index is 0.139. The Kier molecular flexibility index (Phi) is 4.25. The zero-order chi connectivity index (χ0) is 18.9. The maximum atomic E-state index is 12.3. The number of hydrogen-bond acceptors (Lipinski definition) is 7. The van der Waals surface area contributed by atoms with Gasteiger partial charge < -0.3 is 9.47 Å². The van der Waals surface area contributed by atoms with Gasteiger partial charge in [0.1, 0.15) is 4.90 Å². The van der Waals surface area contributed by atoms with E-state index in [1.807, 2.05) is 6.07 Å². The van der Waals surface area contributed by atoms with Crippen molar-refractivity contribution in [3.8, 4) is 17.6 Å². The molecular formula is C18H14N4O4S. The zero-order valence-electron chi connectivity index (χ0n) is 14.1. The maximum Gasteiger partial charge on any atom is 0.285 e. The van der Waals surface area contributed by atoms with Crippen LogP contribution in [-0.2, 0) is 10.0 Å². The third kappa shape index (κ3) is 3.22. The fraction of sp³-hybridized carbons (Fsp3) is 0.167. The molecule has 27 heavy (non-hydrogen) atoms. The van der Waals surface area contributed by atoms with Crippen LogP contribution in [0.4, 0.5) is 0 Å². The number of amidine groups is 1. The highest BCUT2D eigenvalue weighted by atomic mass is 32.2. The first kappa shape index (κ1) is 17.1. The number of nitrogens with zero attached hydrogens (tertiary/aromatic N) is 4. The summed E-state index contributed by atoms with van der Waals surface area (Å²) in [5, 5.41) is 14.7. The Labute approximate surface area is 156 Å². The summed E-state index contributed by atoms with van der Waals surface area (Å²) in [6.07, 6.45) is 1.73. The van der Waals surface area contributed by atoms with Gasteiger partial charge in [0.2, 0.25) is 6.79 Å². The SMILES string of the molecule is N#CCCN(/N=C/c1ccc2c(c1)OCO2)C1=NS(=O)(=O)c2ccccc21. The monoisotopic (exact) mass is 382 g/mol. The van der Waals surface area contributed by atoms with Gasteiger partial charge in [-0.25, -0.2) is 5.01 Å². The molecule has 0 unspecified atom stereocenters. The van der Waals surface area contributed by atoms with Crippen LogP contribution in [0, 0.1) is 11.3 Å². The number of hydrazone groups is 1. The van der Waals surface area contributed by atoms with Crippen LogP contribution >= 0.6 is 0 Å². The van der Waals surface area contributed by atoms with E-state index in [-0.39, 0.29) is 30.5 Å². The predicted molar refractivity (Wildman–Crippen MR) is 97.3 cm³/mol. The Morgan fingerprint density at radius 1 is 1.22 bits per heavy atom. The van der Waals surface area contributed by atoms with Gasteiger partial charge >= 0.3 is 0 Å².